The van der Waals surface area contributed by atoms with Gasteiger partial charge >= 0.3 is 0 Å². The molecule has 0 saturated carbocycles. The molecular formula is C14H18FN3O3S. The summed E-state index contributed by atoms with van der Waals surface area (Å²) in [6.07, 6.45) is 1.64. The van der Waals surface area contributed by atoms with E-state index in [1.165, 1.54) is 23.5 Å². The molecule has 22 heavy (non-hydrogen) atoms. The largest absolute Gasteiger partial charge is 0.351 e. The minimum atomic E-state index is -3.20. The zero-order valence-electron chi connectivity index (χ0n) is 12.4. The molecule has 0 saturated heterocycles. The van der Waals surface area contributed by atoms with Gasteiger partial charge in [-0.15, -0.1) is 0 Å². The van der Waals surface area contributed by atoms with Crippen molar-refractivity contribution in [2.75, 3.05) is 26.4 Å². The Bertz CT molecular complexity index is 786. The van der Waals surface area contributed by atoms with Crippen LogP contribution in [0, 0.1) is 5.82 Å². The first-order valence-electron chi connectivity index (χ1n) is 6.75. The molecule has 2 N–H and O–H groups in total. The van der Waals surface area contributed by atoms with Gasteiger partial charge < -0.3 is 10.3 Å². The molecule has 1 amide bonds. The van der Waals surface area contributed by atoms with Crippen LogP contribution in [-0.4, -0.2) is 50.0 Å². The number of rotatable bonds is 6. The highest BCUT2D eigenvalue weighted by Gasteiger charge is 2.12. The zero-order chi connectivity index (χ0) is 16.3. The van der Waals surface area contributed by atoms with Crippen molar-refractivity contribution in [2.45, 2.75) is 6.42 Å². The number of halogens is 1. The number of H-pyrrole nitrogens is 1. The number of nitrogens with zero attached hydrogens (tertiary/aromatic N) is 1. The first-order chi connectivity index (χ1) is 10.3. The quantitative estimate of drug-likeness (QED) is 0.785. The zero-order valence-corrected chi connectivity index (χ0v) is 13.2. The lowest BCUT2D eigenvalue weighted by molar-refractivity contribution is 0.0948. The molecule has 1 heterocycles. The third-order valence-electron chi connectivity index (χ3n) is 3.33. The van der Waals surface area contributed by atoms with Gasteiger partial charge in [0, 0.05) is 31.0 Å². The third-order valence-corrected chi connectivity index (χ3v) is 4.64. The summed E-state index contributed by atoms with van der Waals surface area (Å²) in [6.45, 7) is 0.680. The Morgan fingerprint density at radius 2 is 2.09 bits per heavy atom. The Morgan fingerprint density at radius 3 is 2.77 bits per heavy atom. The number of carbonyl (C=O) groups excluding carboxylic acids is 1. The topological polar surface area (TPSA) is 82.3 Å². The Morgan fingerprint density at radius 1 is 1.36 bits per heavy atom. The summed E-state index contributed by atoms with van der Waals surface area (Å²) < 4.78 is 36.7. The molecule has 8 heteroatoms. The number of amides is 1. The van der Waals surface area contributed by atoms with Crippen molar-refractivity contribution in [3.8, 4) is 0 Å². The fourth-order valence-electron chi connectivity index (χ4n) is 1.99. The predicted octanol–water partition coefficient (Wildman–Crippen LogP) is 1.32. The van der Waals surface area contributed by atoms with Crippen molar-refractivity contribution in [3.05, 3.63) is 35.8 Å². The number of sulfonamides is 1. The lowest BCUT2D eigenvalue weighted by atomic mass is 10.2. The van der Waals surface area contributed by atoms with Crippen LogP contribution < -0.4 is 5.32 Å². The maximum atomic E-state index is 13.1. The molecule has 0 radical (unpaired) electrons. The summed E-state index contributed by atoms with van der Waals surface area (Å²) in [6, 6.07) is 5.82. The molecule has 2 aromatic rings. The molecule has 6 nitrogen and oxygen atoms in total. The maximum Gasteiger partial charge on any atom is 0.267 e. The van der Waals surface area contributed by atoms with Crippen LogP contribution in [0.4, 0.5) is 4.39 Å². The average Bonchev–Trinajstić information content (AvgIpc) is 2.85. The van der Waals surface area contributed by atoms with E-state index in [4.69, 9.17) is 0 Å². The van der Waals surface area contributed by atoms with Gasteiger partial charge in [0.2, 0.25) is 10.0 Å². The number of carbonyl (C=O) groups is 1. The van der Waals surface area contributed by atoms with E-state index in [0.717, 1.165) is 6.26 Å². The molecule has 1 aromatic carbocycles. The minimum Gasteiger partial charge on any atom is -0.351 e. The van der Waals surface area contributed by atoms with Crippen LogP contribution in [0.2, 0.25) is 0 Å². The number of aromatic amines is 1. The highest BCUT2D eigenvalue weighted by molar-refractivity contribution is 7.88. The van der Waals surface area contributed by atoms with E-state index >= 15 is 0 Å². The number of benzene rings is 1. The summed E-state index contributed by atoms with van der Waals surface area (Å²) >= 11 is 0. The van der Waals surface area contributed by atoms with Crippen molar-refractivity contribution in [1.29, 1.82) is 0 Å². The van der Waals surface area contributed by atoms with Crippen molar-refractivity contribution < 1.29 is 17.6 Å². The first kappa shape index (κ1) is 16.4. The SMILES string of the molecule is CN(CCCNC(=O)c1cc2cc(F)ccc2[nH]1)S(C)(=O)=O. The second-order valence-corrected chi connectivity index (χ2v) is 7.20. The lowest BCUT2D eigenvalue weighted by Gasteiger charge is -2.13. The molecule has 0 bridgehead atoms. The standard InChI is InChI=1S/C14H18FN3O3S/c1-18(22(2,20)21)7-3-6-16-14(19)13-9-10-8-11(15)4-5-12(10)17-13/h4-5,8-9,17H,3,6-7H2,1-2H3,(H,16,19). The van der Waals surface area contributed by atoms with Gasteiger partial charge in [0.05, 0.1) is 6.26 Å². The van der Waals surface area contributed by atoms with Crippen molar-refractivity contribution in [1.82, 2.24) is 14.6 Å². The molecule has 0 atom stereocenters. The summed E-state index contributed by atoms with van der Waals surface area (Å²) in [5.74, 6) is -0.666. The van der Waals surface area contributed by atoms with Crippen molar-refractivity contribution >= 4 is 26.8 Å². The molecule has 2 rings (SSSR count). The number of fused-ring (bicyclic) bond motifs is 1. The van der Waals surface area contributed by atoms with Crippen LogP contribution in [0.15, 0.2) is 24.3 Å². The highest BCUT2D eigenvalue weighted by Crippen LogP contribution is 2.16. The van der Waals surface area contributed by atoms with E-state index in [1.54, 1.807) is 12.1 Å². The monoisotopic (exact) mass is 327 g/mol. The second-order valence-electron chi connectivity index (χ2n) is 5.11. The van der Waals surface area contributed by atoms with Crippen LogP contribution in [0.3, 0.4) is 0 Å². The summed E-state index contributed by atoms with van der Waals surface area (Å²) in [5.41, 5.74) is 1.03. The van der Waals surface area contributed by atoms with E-state index in [-0.39, 0.29) is 11.7 Å². The molecular weight excluding hydrogens is 309 g/mol. The van der Waals surface area contributed by atoms with Gasteiger partial charge in [-0.1, -0.05) is 0 Å². The number of nitrogens with one attached hydrogen (secondary N) is 2. The second kappa shape index (κ2) is 6.45. The Labute approximate surface area is 128 Å². The molecule has 0 aliphatic heterocycles. The van der Waals surface area contributed by atoms with Gasteiger partial charge in [0.25, 0.3) is 5.91 Å². The molecule has 0 fully saturated rings. The minimum absolute atomic E-state index is 0.307. The van der Waals surface area contributed by atoms with Gasteiger partial charge in [-0.2, -0.15) is 0 Å². The van der Waals surface area contributed by atoms with E-state index in [9.17, 15) is 17.6 Å². The average molecular weight is 327 g/mol. The van der Waals surface area contributed by atoms with Gasteiger partial charge in [-0.3, -0.25) is 4.79 Å². The summed E-state index contributed by atoms with van der Waals surface area (Å²) in [4.78, 5) is 14.9. The normalized spacial score (nSPS) is 12.0. The van der Waals surface area contributed by atoms with Crippen LogP contribution in [0.25, 0.3) is 10.9 Å². The molecule has 0 unspecified atom stereocenters. The van der Waals surface area contributed by atoms with Crippen molar-refractivity contribution in [2.24, 2.45) is 0 Å². The summed E-state index contributed by atoms with van der Waals surface area (Å²) in [7, 11) is -1.71. The molecule has 0 aliphatic rings. The number of aromatic nitrogens is 1. The van der Waals surface area contributed by atoms with Gasteiger partial charge in [0.1, 0.15) is 11.5 Å². The van der Waals surface area contributed by atoms with E-state index < -0.39 is 10.0 Å². The van der Waals surface area contributed by atoms with Gasteiger partial charge in [-0.05, 0) is 30.7 Å². The molecule has 1 aromatic heterocycles. The lowest BCUT2D eigenvalue weighted by Crippen LogP contribution is -2.31. The van der Waals surface area contributed by atoms with Gasteiger partial charge in [0.15, 0.2) is 0 Å². The molecule has 0 aliphatic carbocycles. The maximum absolute atomic E-state index is 13.1. The molecule has 120 valence electrons. The smallest absolute Gasteiger partial charge is 0.267 e. The fourth-order valence-corrected chi connectivity index (χ4v) is 2.45. The van der Waals surface area contributed by atoms with Crippen LogP contribution in [-0.2, 0) is 10.0 Å². The Balaban J connectivity index is 1.89. The van der Waals surface area contributed by atoms with Gasteiger partial charge in [-0.25, -0.2) is 17.1 Å². The predicted molar refractivity (Wildman–Crippen MR) is 82.7 cm³/mol. The highest BCUT2D eigenvalue weighted by atomic mass is 32.2. The van der Waals surface area contributed by atoms with Crippen LogP contribution >= 0.6 is 0 Å². The fraction of sp³-hybridized carbons (Fsp3) is 0.357. The van der Waals surface area contributed by atoms with Crippen molar-refractivity contribution in [3.63, 3.8) is 0 Å². The third kappa shape index (κ3) is 4.05. The van der Waals surface area contributed by atoms with E-state index in [0.29, 0.717) is 36.1 Å². The number of hydrogen-bond acceptors (Lipinski definition) is 3. The summed E-state index contributed by atoms with van der Waals surface area (Å²) in [5, 5.41) is 3.32. The van der Waals surface area contributed by atoms with Crippen LogP contribution in [0.1, 0.15) is 16.9 Å². The molecule has 0 spiro atoms. The van der Waals surface area contributed by atoms with Crippen LogP contribution in [0.5, 0.6) is 0 Å². The number of hydrogen-bond donors (Lipinski definition) is 2. The van der Waals surface area contributed by atoms with E-state index in [2.05, 4.69) is 10.3 Å². The Hall–Kier alpha value is -1.93. The first-order valence-corrected chi connectivity index (χ1v) is 8.60. The Kier molecular flexibility index (Phi) is 4.82. The van der Waals surface area contributed by atoms with E-state index in [1.807, 2.05) is 0 Å².